The fourth-order valence-corrected chi connectivity index (χ4v) is 1.98. The Morgan fingerprint density at radius 2 is 1.44 bits per heavy atom. The first-order valence-corrected chi connectivity index (χ1v) is 5.70. The summed E-state index contributed by atoms with van der Waals surface area (Å²) in [5.41, 5.74) is 4.16. The summed E-state index contributed by atoms with van der Waals surface area (Å²) in [6, 6.07) is 19.3. The maximum absolute atomic E-state index is 2.22. The van der Waals surface area contributed by atoms with Crippen LogP contribution in [-0.4, -0.2) is 14.1 Å². The third-order valence-corrected chi connectivity index (χ3v) is 2.79. The van der Waals surface area contributed by atoms with Crippen molar-refractivity contribution in [1.29, 1.82) is 0 Å². The summed E-state index contributed by atoms with van der Waals surface area (Å²) in [6.07, 6.45) is 1.02. The zero-order valence-corrected chi connectivity index (χ0v) is 9.90. The molecule has 0 aliphatic carbocycles. The standard InChI is InChI=1S/C15H17N/c1-16(2)15-11-7-6-10-14(15)12-13-8-4-3-5-9-13/h3-11H,12H2,1-2H3/p+1. The maximum Gasteiger partial charge on any atom is 0.134 e. The van der Waals surface area contributed by atoms with Gasteiger partial charge in [-0.05, 0) is 11.6 Å². The highest BCUT2D eigenvalue weighted by Crippen LogP contribution is 2.15. The predicted octanol–water partition coefficient (Wildman–Crippen LogP) is 2.05. The van der Waals surface area contributed by atoms with Crippen LogP contribution in [0, 0.1) is 0 Å². The summed E-state index contributed by atoms with van der Waals surface area (Å²) < 4.78 is 0. The summed E-state index contributed by atoms with van der Waals surface area (Å²) >= 11 is 0. The van der Waals surface area contributed by atoms with Gasteiger partial charge in [0, 0.05) is 12.0 Å². The molecule has 1 heteroatoms. The van der Waals surface area contributed by atoms with E-state index in [0.29, 0.717) is 0 Å². The van der Waals surface area contributed by atoms with Gasteiger partial charge in [0.15, 0.2) is 0 Å². The Labute approximate surface area is 97.3 Å². The molecule has 2 rings (SSSR count). The van der Waals surface area contributed by atoms with E-state index in [2.05, 4.69) is 68.7 Å². The summed E-state index contributed by atoms with van der Waals surface area (Å²) in [5.74, 6) is 0. The van der Waals surface area contributed by atoms with Crippen molar-refractivity contribution in [3.05, 3.63) is 65.7 Å². The number of benzene rings is 2. The van der Waals surface area contributed by atoms with Crippen LogP contribution in [0.2, 0.25) is 0 Å². The van der Waals surface area contributed by atoms with E-state index in [1.165, 1.54) is 21.7 Å². The minimum absolute atomic E-state index is 1.02. The Morgan fingerprint density at radius 3 is 2.12 bits per heavy atom. The first-order chi connectivity index (χ1) is 7.77. The minimum Gasteiger partial charge on any atom is -0.307 e. The molecule has 0 aliphatic heterocycles. The first kappa shape index (κ1) is 10.9. The summed E-state index contributed by atoms with van der Waals surface area (Å²) in [4.78, 5) is 1.38. The molecule has 0 unspecified atom stereocenters. The lowest BCUT2D eigenvalue weighted by atomic mass is 10.0. The summed E-state index contributed by atoms with van der Waals surface area (Å²) in [7, 11) is 4.34. The van der Waals surface area contributed by atoms with Gasteiger partial charge in [-0.3, -0.25) is 0 Å². The van der Waals surface area contributed by atoms with Gasteiger partial charge in [-0.25, -0.2) is 0 Å². The van der Waals surface area contributed by atoms with Crippen molar-refractivity contribution in [2.75, 3.05) is 14.1 Å². The Kier molecular flexibility index (Phi) is 3.37. The van der Waals surface area contributed by atoms with Crippen LogP contribution in [0.25, 0.3) is 0 Å². The number of quaternary nitrogens is 1. The molecular weight excluding hydrogens is 194 g/mol. The number of nitrogens with one attached hydrogen (secondary N) is 1. The van der Waals surface area contributed by atoms with Crippen molar-refractivity contribution in [3.63, 3.8) is 0 Å². The van der Waals surface area contributed by atoms with Gasteiger partial charge in [0.25, 0.3) is 0 Å². The van der Waals surface area contributed by atoms with E-state index in [0.717, 1.165) is 6.42 Å². The molecule has 2 aromatic rings. The number of hydrogen-bond donors (Lipinski definition) is 1. The molecule has 0 fully saturated rings. The molecule has 0 radical (unpaired) electrons. The van der Waals surface area contributed by atoms with E-state index in [4.69, 9.17) is 0 Å². The third-order valence-electron chi connectivity index (χ3n) is 2.79. The van der Waals surface area contributed by atoms with Crippen LogP contribution < -0.4 is 4.90 Å². The Balaban J connectivity index is 2.28. The zero-order valence-electron chi connectivity index (χ0n) is 9.90. The topological polar surface area (TPSA) is 4.44 Å². The molecular formula is C15H18N+. The molecule has 0 amide bonds. The quantitative estimate of drug-likeness (QED) is 0.794. The third kappa shape index (κ3) is 2.50. The van der Waals surface area contributed by atoms with Gasteiger partial charge < -0.3 is 4.90 Å². The second-order valence-electron chi connectivity index (χ2n) is 4.32. The molecule has 0 saturated carbocycles. The normalized spacial score (nSPS) is 10.7. The lowest BCUT2D eigenvalue weighted by molar-refractivity contribution is -0.786. The molecule has 0 aromatic heterocycles. The molecule has 2 aromatic carbocycles. The van der Waals surface area contributed by atoms with Crippen molar-refractivity contribution in [3.8, 4) is 0 Å². The van der Waals surface area contributed by atoms with Crippen LogP contribution in [0.3, 0.4) is 0 Å². The molecule has 16 heavy (non-hydrogen) atoms. The van der Waals surface area contributed by atoms with Gasteiger partial charge >= 0.3 is 0 Å². The largest absolute Gasteiger partial charge is 0.307 e. The van der Waals surface area contributed by atoms with Gasteiger partial charge in [-0.2, -0.15) is 0 Å². The van der Waals surface area contributed by atoms with Gasteiger partial charge in [-0.1, -0.05) is 48.5 Å². The maximum atomic E-state index is 2.22. The van der Waals surface area contributed by atoms with Crippen LogP contribution in [0.5, 0.6) is 0 Å². The van der Waals surface area contributed by atoms with E-state index in [-0.39, 0.29) is 0 Å². The van der Waals surface area contributed by atoms with Crippen LogP contribution in [0.15, 0.2) is 54.6 Å². The van der Waals surface area contributed by atoms with Crippen molar-refractivity contribution >= 4 is 5.69 Å². The number of rotatable bonds is 3. The van der Waals surface area contributed by atoms with Crippen LogP contribution in [0.4, 0.5) is 5.69 Å². The van der Waals surface area contributed by atoms with Gasteiger partial charge in [0.05, 0.1) is 14.1 Å². The van der Waals surface area contributed by atoms with E-state index in [9.17, 15) is 0 Å². The molecule has 0 atom stereocenters. The van der Waals surface area contributed by atoms with Gasteiger partial charge in [-0.15, -0.1) is 0 Å². The van der Waals surface area contributed by atoms with Crippen LogP contribution in [-0.2, 0) is 6.42 Å². The SMILES string of the molecule is C[NH+](C)c1ccccc1Cc1ccccc1. The van der Waals surface area contributed by atoms with E-state index in [1.54, 1.807) is 0 Å². The molecule has 82 valence electrons. The summed E-state index contributed by atoms with van der Waals surface area (Å²) in [5, 5.41) is 0. The van der Waals surface area contributed by atoms with Gasteiger partial charge in [0.2, 0.25) is 0 Å². The molecule has 1 N–H and O–H groups in total. The molecule has 0 saturated heterocycles. The van der Waals surface area contributed by atoms with Crippen LogP contribution >= 0.6 is 0 Å². The fraction of sp³-hybridized carbons (Fsp3) is 0.200. The molecule has 1 nitrogen and oxygen atoms in total. The first-order valence-electron chi connectivity index (χ1n) is 5.70. The van der Waals surface area contributed by atoms with Crippen molar-refractivity contribution in [1.82, 2.24) is 0 Å². The highest BCUT2D eigenvalue weighted by molar-refractivity contribution is 5.42. The highest BCUT2D eigenvalue weighted by atomic mass is 15.1. The second kappa shape index (κ2) is 4.95. The number of para-hydroxylation sites is 1. The molecule has 0 bridgehead atoms. The average molecular weight is 212 g/mol. The van der Waals surface area contributed by atoms with Crippen LogP contribution in [0.1, 0.15) is 11.1 Å². The lowest BCUT2D eigenvalue weighted by Gasteiger charge is -2.12. The fourth-order valence-electron chi connectivity index (χ4n) is 1.98. The zero-order chi connectivity index (χ0) is 11.4. The Morgan fingerprint density at radius 1 is 0.812 bits per heavy atom. The monoisotopic (exact) mass is 212 g/mol. The summed E-state index contributed by atoms with van der Waals surface area (Å²) in [6.45, 7) is 0. The lowest BCUT2D eigenvalue weighted by Crippen LogP contribution is -3.00. The second-order valence-corrected chi connectivity index (χ2v) is 4.32. The molecule has 0 heterocycles. The van der Waals surface area contributed by atoms with E-state index >= 15 is 0 Å². The van der Waals surface area contributed by atoms with Crippen molar-refractivity contribution in [2.45, 2.75) is 6.42 Å². The highest BCUT2D eigenvalue weighted by Gasteiger charge is 2.07. The van der Waals surface area contributed by atoms with Gasteiger partial charge in [0.1, 0.15) is 5.69 Å². The molecule has 0 spiro atoms. The Bertz CT molecular complexity index is 446. The minimum atomic E-state index is 1.02. The smallest absolute Gasteiger partial charge is 0.134 e. The van der Waals surface area contributed by atoms with Crippen molar-refractivity contribution in [2.24, 2.45) is 0 Å². The van der Waals surface area contributed by atoms with Crippen molar-refractivity contribution < 1.29 is 4.90 Å². The Hall–Kier alpha value is -1.60. The predicted molar refractivity (Wildman–Crippen MR) is 68.2 cm³/mol. The molecule has 0 aliphatic rings. The van der Waals surface area contributed by atoms with E-state index in [1.807, 2.05) is 0 Å². The average Bonchev–Trinajstić information content (AvgIpc) is 2.31. The van der Waals surface area contributed by atoms with E-state index < -0.39 is 0 Å². The number of hydrogen-bond acceptors (Lipinski definition) is 0.